The van der Waals surface area contributed by atoms with Crippen molar-refractivity contribution >= 4 is 21.8 Å². The third-order valence-corrected chi connectivity index (χ3v) is 4.39. The number of hydrogen-bond acceptors (Lipinski definition) is 2. The van der Waals surface area contributed by atoms with Crippen LogP contribution in [0.15, 0.2) is 39.9 Å². The van der Waals surface area contributed by atoms with Crippen LogP contribution in [0.5, 0.6) is 5.75 Å². The Morgan fingerprint density at radius 3 is 2.61 bits per heavy atom. The Bertz CT molecular complexity index is 812. The van der Waals surface area contributed by atoms with E-state index >= 15 is 0 Å². The van der Waals surface area contributed by atoms with Gasteiger partial charge >= 0.3 is 0 Å². The molecule has 0 saturated heterocycles. The zero-order valence-electron chi connectivity index (χ0n) is 13.1. The molecule has 0 heterocycles. The lowest BCUT2D eigenvalue weighted by Gasteiger charge is -2.14. The quantitative estimate of drug-likeness (QED) is 0.408. The maximum Gasteiger partial charge on any atom is 0.249 e. The van der Waals surface area contributed by atoms with E-state index in [9.17, 15) is 4.79 Å². The van der Waals surface area contributed by atoms with E-state index < -0.39 is 5.91 Å². The van der Waals surface area contributed by atoms with Crippen LogP contribution in [0, 0.1) is 20.8 Å². The van der Waals surface area contributed by atoms with Crippen LogP contribution in [0.3, 0.4) is 0 Å². The molecule has 2 rings (SSSR count). The summed E-state index contributed by atoms with van der Waals surface area (Å²) in [5.74, 6) is 0.148. The van der Waals surface area contributed by atoms with E-state index in [-0.39, 0.29) is 6.61 Å². The Hall–Kier alpha value is -2.30. The average molecular weight is 374 g/mol. The Kier molecular flexibility index (Phi) is 5.42. The predicted octanol–water partition coefficient (Wildman–Crippen LogP) is 5.40. The highest BCUT2D eigenvalue weighted by atomic mass is 79.9. The third kappa shape index (κ3) is 3.92. The highest BCUT2D eigenvalue weighted by molar-refractivity contribution is 9.10. The van der Waals surface area contributed by atoms with E-state index in [1.807, 2.05) is 26.0 Å². The lowest BCUT2D eigenvalue weighted by molar-refractivity contribution is 0.0998. The van der Waals surface area contributed by atoms with Crippen molar-refractivity contribution < 1.29 is 9.53 Å². The van der Waals surface area contributed by atoms with Gasteiger partial charge in [0.2, 0.25) is 5.91 Å². The summed E-state index contributed by atoms with van der Waals surface area (Å²) >= 11 is 3.42. The molecule has 0 fully saturated rings. The van der Waals surface area contributed by atoms with Crippen molar-refractivity contribution in [1.82, 2.24) is 0 Å². The van der Waals surface area contributed by atoms with Gasteiger partial charge in [0.05, 0.1) is 0 Å². The van der Waals surface area contributed by atoms with Gasteiger partial charge in [0.1, 0.15) is 12.4 Å². The molecule has 0 radical (unpaired) electrons. The van der Waals surface area contributed by atoms with Gasteiger partial charge in [0.15, 0.2) is 0 Å². The van der Waals surface area contributed by atoms with Gasteiger partial charge in [-0.05, 0) is 60.2 Å². The number of benzene rings is 2. The standard InChI is InChI=1S/C17H16BrN3O2/c1-10-7-12(3)16(8-11(10)2)23-9-14-13(17(22)20-21-19)5-4-6-15(14)18/h4-8H,9H2,1-3H3. The number of ether oxygens (including phenoxy) is 1. The summed E-state index contributed by atoms with van der Waals surface area (Å²) in [6, 6.07) is 9.20. The van der Waals surface area contributed by atoms with E-state index in [1.54, 1.807) is 12.1 Å². The van der Waals surface area contributed by atoms with Crippen molar-refractivity contribution in [2.45, 2.75) is 27.4 Å². The molecule has 6 heteroatoms. The number of carbonyl (C=O) groups excluding carboxylic acids is 1. The van der Waals surface area contributed by atoms with E-state index in [0.717, 1.165) is 21.3 Å². The first-order chi connectivity index (χ1) is 10.9. The van der Waals surface area contributed by atoms with Crippen LogP contribution in [0.4, 0.5) is 0 Å². The van der Waals surface area contributed by atoms with Crippen LogP contribution >= 0.6 is 15.9 Å². The van der Waals surface area contributed by atoms with Crippen molar-refractivity contribution in [3.63, 3.8) is 0 Å². The van der Waals surface area contributed by atoms with Gasteiger partial charge < -0.3 is 4.74 Å². The summed E-state index contributed by atoms with van der Waals surface area (Å²) in [6.45, 7) is 6.26. The first-order valence-electron chi connectivity index (χ1n) is 7.01. The summed E-state index contributed by atoms with van der Waals surface area (Å²) in [5.41, 5.74) is 12.8. The number of aryl methyl sites for hydroxylation is 3. The molecule has 23 heavy (non-hydrogen) atoms. The molecule has 5 nitrogen and oxygen atoms in total. The minimum atomic E-state index is -0.621. The lowest BCUT2D eigenvalue weighted by atomic mass is 10.1. The summed E-state index contributed by atoms with van der Waals surface area (Å²) < 4.78 is 6.63. The van der Waals surface area contributed by atoms with Gasteiger partial charge in [-0.3, -0.25) is 4.79 Å². The molecule has 1 amide bonds. The van der Waals surface area contributed by atoms with Crippen molar-refractivity contribution in [3.8, 4) is 5.75 Å². The molecular weight excluding hydrogens is 358 g/mol. The van der Waals surface area contributed by atoms with Crippen LogP contribution in [0.1, 0.15) is 32.6 Å². The normalized spacial score (nSPS) is 10.1. The Morgan fingerprint density at radius 2 is 1.91 bits per heavy atom. The van der Waals surface area contributed by atoms with Crippen LogP contribution in [-0.4, -0.2) is 5.91 Å². The number of azide groups is 1. The number of halogens is 1. The first-order valence-corrected chi connectivity index (χ1v) is 7.80. The molecule has 0 aromatic heterocycles. The van der Waals surface area contributed by atoms with Crippen LogP contribution in [0.25, 0.3) is 10.4 Å². The van der Waals surface area contributed by atoms with Gasteiger partial charge in [0, 0.05) is 20.5 Å². The van der Waals surface area contributed by atoms with Crippen molar-refractivity contribution in [1.29, 1.82) is 0 Å². The average Bonchev–Trinajstić information content (AvgIpc) is 2.50. The second kappa shape index (κ2) is 7.31. The molecular formula is C17H16BrN3O2. The Balaban J connectivity index is 2.32. The molecule has 0 N–H and O–H groups in total. The summed E-state index contributed by atoms with van der Waals surface area (Å²) in [4.78, 5) is 14.5. The first kappa shape index (κ1) is 17.1. The van der Waals surface area contributed by atoms with E-state index in [0.29, 0.717) is 11.1 Å². The number of hydrogen-bond donors (Lipinski definition) is 0. The van der Waals surface area contributed by atoms with Gasteiger partial charge in [0.25, 0.3) is 0 Å². The SMILES string of the molecule is Cc1cc(C)c(OCc2c(Br)cccc2C(=O)N=[N+]=[N-])cc1C. The zero-order valence-corrected chi connectivity index (χ0v) is 14.7. The van der Waals surface area contributed by atoms with Gasteiger partial charge in [-0.15, -0.1) is 0 Å². The third-order valence-electron chi connectivity index (χ3n) is 3.65. The molecule has 0 atom stereocenters. The molecule has 0 spiro atoms. The summed E-state index contributed by atoms with van der Waals surface area (Å²) in [7, 11) is 0. The monoisotopic (exact) mass is 373 g/mol. The van der Waals surface area contributed by atoms with Crippen LogP contribution in [-0.2, 0) is 6.61 Å². The maximum atomic E-state index is 11.9. The van der Waals surface area contributed by atoms with Crippen LogP contribution in [0.2, 0.25) is 0 Å². The molecule has 0 saturated carbocycles. The van der Waals surface area contributed by atoms with Crippen molar-refractivity contribution in [2.24, 2.45) is 5.11 Å². The van der Waals surface area contributed by atoms with Crippen molar-refractivity contribution in [2.75, 3.05) is 0 Å². The van der Waals surface area contributed by atoms with Gasteiger partial charge in [-0.2, -0.15) is 0 Å². The minimum absolute atomic E-state index is 0.201. The predicted molar refractivity (Wildman–Crippen MR) is 92.6 cm³/mol. The summed E-state index contributed by atoms with van der Waals surface area (Å²) in [6.07, 6.45) is 0. The fraction of sp³-hybridized carbons (Fsp3) is 0.235. The van der Waals surface area contributed by atoms with E-state index in [2.05, 4.69) is 38.9 Å². The van der Waals surface area contributed by atoms with E-state index in [1.165, 1.54) is 5.56 Å². The highest BCUT2D eigenvalue weighted by Crippen LogP contribution is 2.27. The largest absolute Gasteiger partial charge is 0.489 e. The molecule has 2 aromatic rings. The number of amides is 1. The molecule has 0 aliphatic heterocycles. The second-order valence-corrected chi connectivity index (χ2v) is 6.11. The molecule has 118 valence electrons. The zero-order chi connectivity index (χ0) is 17.0. The Labute approximate surface area is 143 Å². The highest BCUT2D eigenvalue weighted by Gasteiger charge is 2.14. The fourth-order valence-corrected chi connectivity index (χ4v) is 2.72. The Morgan fingerprint density at radius 1 is 1.22 bits per heavy atom. The van der Waals surface area contributed by atoms with Crippen LogP contribution < -0.4 is 4.74 Å². The number of rotatable bonds is 4. The molecule has 0 aliphatic rings. The molecule has 0 bridgehead atoms. The fourth-order valence-electron chi connectivity index (χ4n) is 2.24. The molecule has 0 unspecified atom stereocenters. The smallest absolute Gasteiger partial charge is 0.249 e. The molecule has 0 aliphatic carbocycles. The second-order valence-electron chi connectivity index (χ2n) is 5.25. The number of carbonyl (C=O) groups is 1. The molecule has 2 aromatic carbocycles. The topological polar surface area (TPSA) is 75.1 Å². The van der Waals surface area contributed by atoms with Gasteiger partial charge in [-0.25, -0.2) is 0 Å². The lowest BCUT2D eigenvalue weighted by Crippen LogP contribution is -2.06. The maximum absolute atomic E-state index is 11.9. The van der Waals surface area contributed by atoms with E-state index in [4.69, 9.17) is 10.3 Å². The van der Waals surface area contributed by atoms with Crippen molar-refractivity contribution in [3.05, 3.63) is 73.1 Å². The van der Waals surface area contributed by atoms with Gasteiger partial charge in [-0.1, -0.05) is 34.1 Å². The minimum Gasteiger partial charge on any atom is -0.489 e. The summed E-state index contributed by atoms with van der Waals surface area (Å²) in [5, 5.41) is 3.16. The number of nitrogens with zero attached hydrogens (tertiary/aromatic N) is 3.